The number of amides is 2. The number of rotatable bonds is 8. The second kappa shape index (κ2) is 10.2. The van der Waals surface area contributed by atoms with Crippen LogP contribution in [-0.4, -0.2) is 44.0 Å². The largest absolute Gasteiger partial charge is 0.497 e. The highest BCUT2D eigenvalue weighted by Crippen LogP contribution is 2.23. The molecule has 7 heteroatoms. The molecule has 0 aliphatic heterocycles. The van der Waals surface area contributed by atoms with E-state index < -0.39 is 6.04 Å². The van der Waals surface area contributed by atoms with Crippen molar-refractivity contribution in [3.8, 4) is 11.5 Å². The van der Waals surface area contributed by atoms with E-state index in [0.29, 0.717) is 28.6 Å². The fraction of sp³-hybridized carbons (Fsp3) is 0.364. The van der Waals surface area contributed by atoms with Crippen LogP contribution in [-0.2, 0) is 11.3 Å². The molecule has 1 atom stereocenters. The van der Waals surface area contributed by atoms with Gasteiger partial charge in [-0.1, -0.05) is 43.6 Å². The molecule has 2 aromatic carbocycles. The minimum atomic E-state index is -0.688. The van der Waals surface area contributed by atoms with E-state index in [1.165, 1.54) is 14.2 Å². The molecule has 2 aromatic rings. The summed E-state index contributed by atoms with van der Waals surface area (Å²) in [4.78, 5) is 27.4. The number of carbonyl (C=O) groups excluding carboxylic acids is 2. The van der Waals surface area contributed by atoms with Crippen molar-refractivity contribution in [3.05, 3.63) is 58.6 Å². The third kappa shape index (κ3) is 5.87. The van der Waals surface area contributed by atoms with Gasteiger partial charge >= 0.3 is 0 Å². The molecule has 0 aromatic heterocycles. The fourth-order valence-electron chi connectivity index (χ4n) is 2.87. The summed E-state index contributed by atoms with van der Waals surface area (Å²) in [6.07, 6.45) is 0. The van der Waals surface area contributed by atoms with Crippen LogP contribution in [0.4, 0.5) is 0 Å². The van der Waals surface area contributed by atoms with Gasteiger partial charge in [0.15, 0.2) is 0 Å². The van der Waals surface area contributed by atoms with E-state index in [1.54, 1.807) is 36.2 Å². The summed E-state index contributed by atoms with van der Waals surface area (Å²) in [6, 6.07) is 11.6. The van der Waals surface area contributed by atoms with E-state index in [-0.39, 0.29) is 17.7 Å². The van der Waals surface area contributed by atoms with Gasteiger partial charge in [-0.3, -0.25) is 9.59 Å². The molecule has 0 bridgehead atoms. The summed E-state index contributed by atoms with van der Waals surface area (Å²) in [7, 11) is 4.73. The molecule has 1 unspecified atom stereocenters. The lowest BCUT2D eigenvalue weighted by Crippen LogP contribution is -2.50. The molecular weight excluding hydrogens is 392 g/mol. The SMILES string of the molecule is COc1cc(OC)cc(C(=O)NC(C(=O)N(C)Cc2ccccc2Cl)C(C)C)c1. The molecule has 0 fully saturated rings. The highest BCUT2D eigenvalue weighted by atomic mass is 35.5. The van der Waals surface area contributed by atoms with Crippen molar-refractivity contribution in [1.82, 2.24) is 10.2 Å². The Morgan fingerprint density at radius 2 is 1.66 bits per heavy atom. The predicted octanol–water partition coefficient (Wildman–Crippen LogP) is 3.77. The summed E-state index contributed by atoms with van der Waals surface area (Å²) in [5.41, 5.74) is 1.20. The third-order valence-corrected chi connectivity index (χ3v) is 4.94. The standard InChI is InChI=1S/C22H27ClN2O4/c1-14(2)20(22(27)25(3)13-15-8-6-7-9-19(15)23)24-21(26)16-10-17(28-4)12-18(11-16)29-5/h6-12,14,20H,13H2,1-5H3,(H,24,26). The Morgan fingerprint density at radius 1 is 1.07 bits per heavy atom. The molecule has 6 nitrogen and oxygen atoms in total. The lowest BCUT2D eigenvalue weighted by molar-refractivity contribution is -0.133. The van der Waals surface area contributed by atoms with Crippen LogP contribution >= 0.6 is 11.6 Å². The molecule has 0 spiro atoms. The molecule has 0 aliphatic carbocycles. The molecule has 0 saturated heterocycles. The van der Waals surface area contributed by atoms with Crippen LogP contribution in [0.15, 0.2) is 42.5 Å². The molecule has 1 N–H and O–H groups in total. The zero-order chi connectivity index (χ0) is 21.6. The molecular formula is C22H27ClN2O4. The van der Waals surface area contributed by atoms with Crippen molar-refractivity contribution in [2.45, 2.75) is 26.4 Å². The Morgan fingerprint density at radius 3 is 2.17 bits per heavy atom. The number of benzene rings is 2. The molecule has 0 saturated carbocycles. The van der Waals surface area contributed by atoms with E-state index in [9.17, 15) is 9.59 Å². The van der Waals surface area contributed by atoms with E-state index in [0.717, 1.165) is 5.56 Å². The number of hydrogen-bond donors (Lipinski definition) is 1. The molecule has 2 rings (SSSR count). The number of nitrogens with zero attached hydrogens (tertiary/aromatic N) is 1. The van der Waals surface area contributed by atoms with Gasteiger partial charge in [0.1, 0.15) is 17.5 Å². The number of ether oxygens (including phenoxy) is 2. The normalized spacial score (nSPS) is 11.7. The second-order valence-corrected chi connectivity index (χ2v) is 7.49. The number of hydrogen-bond acceptors (Lipinski definition) is 4. The van der Waals surface area contributed by atoms with Gasteiger partial charge in [-0.25, -0.2) is 0 Å². The van der Waals surface area contributed by atoms with Crippen LogP contribution < -0.4 is 14.8 Å². The first kappa shape index (κ1) is 22.6. The van der Waals surface area contributed by atoms with Crippen LogP contribution in [0.2, 0.25) is 5.02 Å². The van der Waals surface area contributed by atoms with E-state index in [2.05, 4.69) is 5.32 Å². The van der Waals surface area contributed by atoms with Gasteiger partial charge in [0.25, 0.3) is 5.91 Å². The Balaban J connectivity index is 2.17. The molecule has 0 radical (unpaired) electrons. The summed E-state index contributed by atoms with van der Waals surface area (Å²) in [5, 5.41) is 3.44. The first-order valence-corrected chi connectivity index (χ1v) is 9.67. The van der Waals surface area contributed by atoms with Gasteiger partial charge in [-0.2, -0.15) is 0 Å². The quantitative estimate of drug-likeness (QED) is 0.708. The Labute approximate surface area is 176 Å². The number of likely N-dealkylation sites (N-methyl/N-ethyl adjacent to an activating group) is 1. The summed E-state index contributed by atoms with van der Waals surface area (Å²) in [6.45, 7) is 4.13. The lowest BCUT2D eigenvalue weighted by Gasteiger charge is -2.27. The minimum Gasteiger partial charge on any atom is -0.497 e. The van der Waals surface area contributed by atoms with E-state index >= 15 is 0 Å². The van der Waals surface area contributed by atoms with Gasteiger partial charge in [-0.05, 0) is 29.7 Å². The first-order chi connectivity index (χ1) is 13.8. The highest BCUT2D eigenvalue weighted by molar-refractivity contribution is 6.31. The van der Waals surface area contributed by atoms with Crippen molar-refractivity contribution < 1.29 is 19.1 Å². The topological polar surface area (TPSA) is 67.9 Å². The van der Waals surface area contributed by atoms with Crippen molar-refractivity contribution in [1.29, 1.82) is 0 Å². The Kier molecular flexibility index (Phi) is 7.91. The maximum Gasteiger partial charge on any atom is 0.252 e. The average Bonchev–Trinajstić information content (AvgIpc) is 2.72. The van der Waals surface area contributed by atoms with Gasteiger partial charge < -0.3 is 19.7 Å². The van der Waals surface area contributed by atoms with Crippen molar-refractivity contribution >= 4 is 23.4 Å². The zero-order valence-electron chi connectivity index (χ0n) is 17.4. The first-order valence-electron chi connectivity index (χ1n) is 9.29. The van der Waals surface area contributed by atoms with Crippen LogP contribution in [0.1, 0.15) is 29.8 Å². The van der Waals surface area contributed by atoms with Crippen LogP contribution in [0.25, 0.3) is 0 Å². The second-order valence-electron chi connectivity index (χ2n) is 7.08. The molecule has 0 heterocycles. The van der Waals surface area contributed by atoms with Gasteiger partial charge in [0.05, 0.1) is 14.2 Å². The fourth-order valence-corrected chi connectivity index (χ4v) is 3.07. The van der Waals surface area contributed by atoms with Gasteiger partial charge in [0, 0.05) is 30.2 Å². The number of methoxy groups -OCH3 is 2. The van der Waals surface area contributed by atoms with Crippen LogP contribution in [0.5, 0.6) is 11.5 Å². The monoisotopic (exact) mass is 418 g/mol. The van der Waals surface area contributed by atoms with E-state index in [1.807, 2.05) is 32.0 Å². The van der Waals surface area contributed by atoms with Gasteiger partial charge in [0.2, 0.25) is 5.91 Å². The number of nitrogens with one attached hydrogen (secondary N) is 1. The molecule has 2 amide bonds. The van der Waals surface area contributed by atoms with Crippen LogP contribution in [0, 0.1) is 5.92 Å². The Bertz CT molecular complexity index is 847. The lowest BCUT2D eigenvalue weighted by atomic mass is 10.0. The molecule has 29 heavy (non-hydrogen) atoms. The highest BCUT2D eigenvalue weighted by Gasteiger charge is 2.28. The maximum atomic E-state index is 13.0. The molecule has 0 aliphatic rings. The van der Waals surface area contributed by atoms with Crippen molar-refractivity contribution in [3.63, 3.8) is 0 Å². The average molecular weight is 419 g/mol. The molecule has 156 valence electrons. The summed E-state index contributed by atoms with van der Waals surface area (Å²) < 4.78 is 10.4. The third-order valence-electron chi connectivity index (χ3n) is 4.57. The van der Waals surface area contributed by atoms with Gasteiger partial charge in [-0.15, -0.1) is 0 Å². The minimum absolute atomic E-state index is 0.104. The van der Waals surface area contributed by atoms with Crippen molar-refractivity contribution in [2.75, 3.05) is 21.3 Å². The Hall–Kier alpha value is -2.73. The van der Waals surface area contributed by atoms with Crippen molar-refractivity contribution in [2.24, 2.45) is 5.92 Å². The maximum absolute atomic E-state index is 13.0. The van der Waals surface area contributed by atoms with Crippen LogP contribution in [0.3, 0.4) is 0 Å². The smallest absolute Gasteiger partial charge is 0.252 e. The summed E-state index contributed by atoms with van der Waals surface area (Å²) >= 11 is 6.21. The zero-order valence-corrected chi connectivity index (χ0v) is 18.1. The van der Waals surface area contributed by atoms with E-state index in [4.69, 9.17) is 21.1 Å². The predicted molar refractivity (Wildman–Crippen MR) is 114 cm³/mol. The summed E-state index contributed by atoms with van der Waals surface area (Å²) in [5.74, 6) is 0.326. The number of carbonyl (C=O) groups is 2. The number of halogens is 1.